The van der Waals surface area contributed by atoms with Gasteiger partial charge in [-0.2, -0.15) is 0 Å². The quantitative estimate of drug-likeness (QED) is 0.189. The highest BCUT2D eigenvalue weighted by Crippen LogP contribution is 2.38. The van der Waals surface area contributed by atoms with Crippen molar-refractivity contribution in [3.63, 3.8) is 0 Å². The van der Waals surface area contributed by atoms with Crippen LogP contribution >= 0.6 is 0 Å². The molecule has 12 heteroatoms. The fourth-order valence-corrected chi connectivity index (χ4v) is 6.52. The summed E-state index contributed by atoms with van der Waals surface area (Å²) in [6.45, 7) is 23.3. The molecule has 3 heterocycles. The largest absolute Gasteiger partial charge is 0.491 e. The minimum atomic E-state index is -2.19. The lowest BCUT2D eigenvalue weighted by atomic mass is 10.0. The number of carbonyl (C=O) groups excluding carboxylic acids is 1. The number of anilines is 1. The van der Waals surface area contributed by atoms with Gasteiger partial charge in [-0.05, 0) is 83.6 Å². The fraction of sp³-hybridized carbons (Fsp3) is 0.611. The highest BCUT2D eigenvalue weighted by atomic mass is 28.4. The third kappa shape index (κ3) is 10.3. The van der Waals surface area contributed by atoms with Gasteiger partial charge in [0.05, 0.1) is 29.6 Å². The van der Waals surface area contributed by atoms with E-state index in [9.17, 15) is 4.79 Å². The Hall–Kier alpha value is -3.48. The maximum atomic E-state index is 12.8. The molecule has 1 saturated heterocycles. The number of nitrogens with zero attached hydrogens (tertiary/aromatic N) is 4. The van der Waals surface area contributed by atoms with Crippen LogP contribution in [0.4, 0.5) is 10.6 Å². The van der Waals surface area contributed by atoms with Gasteiger partial charge in [-0.1, -0.05) is 38.1 Å². The van der Waals surface area contributed by atoms with E-state index in [0.29, 0.717) is 29.8 Å². The Morgan fingerprint density at radius 2 is 1.79 bits per heavy atom. The van der Waals surface area contributed by atoms with Gasteiger partial charge in [0.2, 0.25) is 0 Å². The number of aryl methyl sites for hydroxylation is 2. The normalized spacial score (nSPS) is 15.2. The van der Waals surface area contributed by atoms with E-state index in [2.05, 4.69) is 44.3 Å². The first-order chi connectivity index (χ1) is 22.4. The summed E-state index contributed by atoms with van der Waals surface area (Å²) < 4.78 is 29.8. The third-order valence-corrected chi connectivity index (χ3v) is 13.4. The van der Waals surface area contributed by atoms with Gasteiger partial charge in [0.15, 0.2) is 14.1 Å². The second kappa shape index (κ2) is 15.4. The molecule has 0 aliphatic carbocycles. The number of carbonyl (C=O) groups is 1. The van der Waals surface area contributed by atoms with Crippen molar-refractivity contribution in [3.05, 3.63) is 41.8 Å². The van der Waals surface area contributed by atoms with Gasteiger partial charge in [0.1, 0.15) is 29.5 Å². The summed E-state index contributed by atoms with van der Waals surface area (Å²) in [5, 5.41) is 7.69. The Balaban J connectivity index is 1.58. The van der Waals surface area contributed by atoms with Gasteiger partial charge in [0.25, 0.3) is 0 Å². The molecule has 1 atom stereocenters. The lowest BCUT2D eigenvalue weighted by molar-refractivity contribution is 0.0172. The van der Waals surface area contributed by atoms with Crippen molar-refractivity contribution in [2.24, 2.45) is 5.92 Å². The summed E-state index contributed by atoms with van der Waals surface area (Å²) in [5.41, 5.74) is 2.59. The predicted octanol–water partition coefficient (Wildman–Crippen LogP) is 7.89. The van der Waals surface area contributed by atoms with Gasteiger partial charge in [-0.3, -0.25) is 0 Å². The molecule has 1 aromatic carbocycles. The highest BCUT2D eigenvalue weighted by molar-refractivity contribution is 6.74. The van der Waals surface area contributed by atoms with E-state index in [-0.39, 0.29) is 17.7 Å². The lowest BCUT2D eigenvalue weighted by Gasteiger charge is -2.40. The Labute approximate surface area is 287 Å². The van der Waals surface area contributed by atoms with Crippen LogP contribution in [0.2, 0.25) is 18.1 Å². The molecule has 0 bridgehead atoms. The SMILES string of the molecule is Cc1noc(C)c1-c1cc(NCC2CCOCC2)nc(-c2cccc(OCC(CN(C)C(=O)OC(C)(C)C)O[Si](C)(C)C(C)(C)C)c2)n1. The zero-order chi connectivity index (χ0) is 35.3. The van der Waals surface area contributed by atoms with E-state index in [0.717, 1.165) is 60.9 Å². The van der Waals surface area contributed by atoms with E-state index in [4.69, 9.17) is 33.1 Å². The molecule has 1 N–H and O–H groups in total. The van der Waals surface area contributed by atoms with Gasteiger partial charge in [-0.15, -0.1) is 0 Å². The monoisotopic (exact) mass is 681 g/mol. The van der Waals surface area contributed by atoms with Crippen LogP contribution in [0.5, 0.6) is 5.75 Å². The van der Waals surface area contributed by atoms with Crippen molar-refractivity contribution in [2.45, 2.75) is 98.1 Å². The Morgan fingerprint density at radius 3 is 2.42 bits per heavy atom. The van der Waals surface area contributed by atoms with Gasteiger partial charge in [-0.25, -0.2) is 14.8 Å². The Bertz CT molecular complexity index is 1500. The molecule has 0 radical (unpaired) electrons. The molecule has 48 heavy (non-hydrogen) atoms. The van der Waals surface area contributed by atoms with Gasteiger partial charge >= 0.3 is 6.09 Å². The second-order valence-corrected chi connectivity index (χ2v) is 20.1. The minimum Gasteiger partial charge on any atom is -0.491 e. The molecule has 4 rings (SSSR count). The fourth-order valence-electron chi connectivity index (χ4n) is 5.19. The summed E-state index contributed by atoms with van der Waals surface area (Å²) in [6.07, 6.45) is 1.28. The van der Waals surface area contributed by atoms with Crippen LogP contribution < -0.4 is 10.1 Å². The molecule has 1 aliphatic heterocycles. The van der Waals surface area contributed by atoms with Gasteiger partial charge in [0, 0.05) is 38.4 Å². The van der Waals surface area contributed by atoms with Crippen LogP contribution in [-0.2, 0) is 13.9 Å². The average Bonchev–Trinajstić information content (AvgIpc) is 3.35. The van der Waals surface area contributed by atoms with E-state index in [1.54, 1.807) is 11.9 Å². The lowest BCUT2D eigenvalue weighted by Crippen LogP contribution is -2.49. The van der Waals surface area contributed by atoms with Crippen LogP contribution in [0.15, 0.2) is 34.9 Å². The van der Waals surface area contributed by atoms with Crippen molar-refractivity contribution in [1.82, 2.24) is 20.0 Å². The summed E-state index contributed by atoms with van der Waals surface area (Å²) >= 11 is 0. The molecule has 0 spiro atoms. The number of ether oxygens (including phenoxy) is 3. The van der Waals surface area contributed by atoms with Crippen LogP contribution in [0, 0.1) is 19.8 Å². The Morgan fingerprint density at radius 1 is 1.08 bits per heavy atom. The summed E-state index contributed by atoms with van der Waals surface area (Å²) in [5.74, 6) is 3.17. The van der Waals surface area contributed by atoms with Crippen molar-refractivity contribution in [3.8, 4) is 28.4 Å². The standard InChI is InChI=1S/C36H55N5O6Si/c1-24-32(25(2)46-40-24)30-20-31(37-21-26-15-17-43-18-16-26)39-33(38-30)27-13-12-14-28(19-27)44-23-29(47-48(10,11)36(6,7)8)22-41(9)34(42)45-35(3,4)5/h12-14,19-20,26,29H,15-18,21-23H2,1-11H3,(H,37,38,39). The van der Waals surface area contributed by atoms with E-state index >= 15 is 0 Å². The smallest absolute Gasteiger partial charge is 0.410 e. The predicted molar refractivity (Wildman–Crippen MR) is 191 cm³/mol. The zero-order valence-corrected chi connectivity index (χ0v) is 31.7. The molecule has 264 valence electrons. The van der Waals surface area contributed by atoms with Crippen LogP contribution in [0.25, 0.3) is 22.6 Å². The second-order valence-electron chi connectivity index (χ2n) is 15.3. The first-order valence-corrected chi connectivity index (χ1v) is 19.8. The summed E-state index contributed by atoms with van der Waals surface area (Å²) in [6, 6.07) is 9.71. The molecule has 2 aromatic heterocycles. The van der Waals surface area contributed by atoms with Crippen molar-refractivity contribution >= 4 is 20.2 Å². The first-order valence-electron chi connectivity index (χ1n) is 16.9. The molecule has 11 nitrogen and oxygen atoms in total. The van der Waals surface area contributed by atoms with E-state index < -0.39 is 20.0 Å². The van der Waals surface area contributed by atoms with E-state index in [1.807, 2.05) is 65.0 Å². The molecule has 0 saturated carbocycles. The summed E-state index contributed by atoms with van der Waals surface area (Å²) in [4.78, 5) is 24.3. The highest BCUT2D eigenvalue weighted by Gasteiger charge is 2.40. The van der Waals surface area contributed by atoms with Crippen molar-refractivity contribution in [1.29, 1.82) is 0 Å². The molecule has 1 fully saturated rings. The van der Waals surface area contributed by atoms with Crippen LogP contribution in [0.3, 0.4) is 0 Å². The molecule has 1 unspecified atom stereocenters. The number of rotatable bonds is 12. The molecular weight excluding hydrogens is 627 g/mol. The van der Waals surface area contributed by atoms with Crippen LogP contribution in [-0.4, -0.2) is 86.1 Å². The number of nitrogens with one attached hydrogen (secondary N) is 1. The maximum Gasteiger partial charge on any atom is 0.410 e. The molecule has 3 aromatic rings. The van der Waals surface area contributed by atoms with E-state index in [1.165, 1.54) is 0 Å². The minimum absolute atomic E-state index is 0.0181. The third-order valence-electron chi connectivity index (χ3n) is 8.91. The van der Waals surface area contributed by atoms with Crippen molar-refractivity contribution in [2.75, 3.05) is 45.3 Å². The zero-order valence-electron chi connectivity index (χ0n) is 30.7. The molecule has 1 amide bonds. The van der Waals surface area contributed by atoms with Crippen molar-refractivity contribution < 1.29 is 28.0 Å². The first kappa shape index (κ1) is 37.3. The average molecular weight is 682 g/mol. The summed E-state index contributed by atoms with van der Waals surface area (Å²) in [7, 11) is -0.463. The number of hydrogen-bond acceptors (Lipinski definition) is 10. The number of likely N-dealkylation sites (N-methyl/N-ethyl adjacent to an activating group) is 1. The Kier molecular flexibility index (Phi) is 12.0. The topological polar surface area (TPSA) is 121 Å². The molecule has 1 aliphatic rings. The van der Waals surface area contributed by atoms with Gasteiger partial charge < -0.3 is 33.4 Å². The number of amides is 1. The van der Waals surface area contributed by atoms with Crippen LogP contribution in [0.1, 0.15) is 65.8 Å². The number of aromatic nitrogens is 3. The number of hydrogen-bond donors (Lipinski definition) is 1. The number of benzene rings is 1. The molecular formula is C36H55N5O6Si. The maximum absolute atomic E-state index is 12.8.